The fourth-order valence-corrected chi connectivity index (χ4v) is 4.23. The van der Waals surface area contributed by atoms with Gasteiger partial charge in [0, 0.05) is 24.7 Å². The van der Waals surface area contributed by atoms with Gasteiger partial charge in [0.15, 0.2) is 0 Å². The first kappa shape index (κ1) is 20.1. The van der Waals surface area contributed by atoms with Crippen LogP contribution in [0, 0.1) is 11.8 Å². The third-order valence-corrected chi connectivity index (χ3v) is 6.15. The average molecular weight is 365 g/mol. The molecule has 0 radical (unpaired) electrons. The third-order valence-electron chi connectivity index (χ3n) is 6.15. The first-order chi connectivity index (χ1) is 13.0. The van der Waals surface area contributed by atoms with Crippen LogP contribution in [0.1, 0.15) is 62.9 Å². The van der Waals surface area contributed by atoms with E-state index in [9.17, 15) is 0 Å². The molecule has 2 aromatic carbocycles. The lowest BCUT2D eigenvalue weighted by Gasteiger charge is -2.33. The predicted octanol–water partition coefficient (Wildman–Crippen LogP) is 5.27. The van der Waals surface area contributed by atoms with Crippen LogP contribution in [0.4, 0.5) is 0 Å². The molecule has 0 spiro atoms. The van der Waals surface area contributed by atoms with E-state index in [1.54, 1.807) is 0 Å². The van der Waals surface area contributed by atoms with Crippen LogP contribution in [-0.2, 0) is 19.4 Å². The quantitative estimate of drug-likeness (QED) is 0.758. The van der Waals surface area contributed by atoms with Gasteiger partial charge in [-0.2, -0.15) is 0 Å². The third kappa shape index (κ3) is 5.00. The van der Waals surface area contributed by atoms with Crippen molar-refractivity contribution in [3.63, 3.8) is 0 Å². The Hall–Kier alpha value is -1.64. The van der Waals surface area contributed by atoms with Crippen molar-refractivity contribution in [2.75, 3.05) is 0 Å². The highest BCUT2D eigenvalue weighted by atomic mass is 15.0. The number of hydrogen-bond acceptors (Lipinski definition) is 2. The van der Waals surface area contributed by atoms with Gasteiger partial charge in [0.2, 0.25) is 0 Å². The van der Waals surface area contributed by atoms with Gasteiger partial charge in [0.25, 0.3) is 0 Å². The number of hydrogen-bond donors (Lipinski definition) is 2. The van der Waals surface area contributed by atoms with Crippen molar-refractivity contribution in [3.05, 3.63) is 70.8 Å². The van der Waals surface area contributed by atoms with Gasteiger partial charge in [0.1, 0.15) is 0 Å². The molecule has 0 amide bonds. The van der Waals surface area contributed by atoms with Gasteiger partial charge in [-0.05, 0) is 53.9 Å². The van der Waals surface area contributed by atoms with E-state index >= 15 is 0 Å². The number of nitrogens with one attached hydrogen (secondary N) is 2. The Balaban J connectivity index is 0.000000156. The summed E-state index contributed by atoms with van der Waals surface area (Å²) in [5.74, 6) is 1.44. The van der Waals surface area contributed by atoms with Crippen LogP contribution < -0.4 is 10.6 Å². The van der Waals surface area contributed by atoms with E-state index in [2.05, 4.69) is 93.8 Å². The maximum atomic E-state index is 3.67. The van der Waals surface area contributed by atoms with Gasteiger partial charge in [0.05, 0.1) is 0 Å². The Morgan fingerprint density at radius 2 is 1.30 bits per heavy atom. The maximum absolute atomic E-state index is 3.67. The molecule has 27 heavy (non-hydrogen) atoms. The van der Waals surface area contributed by atoms with E-state index in [-0.39, 0.29) is 0 Å². The van der Waals surface area contributed by atoms with Gasteiger partial charge in [-0.1, -0.05) is 76.2 Å². The Bertz CT molecular complexity index is 735. The molecule has 0 aromatic heterocycles. The maximum Gasteiger partial charge on any atom is 0.0297 e. The summed E-state index contributed by atoms with van der Waals surface area (Å²) in [5, 5.41) is 7.25. The summed E-state index contributed by atoms with van der Waals surface area (Å²) < 4.78 is 0. The summed E-state index contributed by atoms with van der Waals surface area (Å²) in [7, 11) is 0. The monoisotopic (exact) mass is 364 g/mol. The molecule has 4 rings (SSSR count). The smallest absolute Gasteiger partial charge is 0.0297 e. The van der Waals surface area contributed by atoms with E-state index in [1.165, 1.54) is 35.1 Å². The fraction of sp³-hybridized carbons (Fsp3) is 0.520. The largest absolute Gasteiger partial charge is 0.309 e. The minimum absolute atomic E-state index is 0.507. The molecular formula is C25H36N2. The molecule has 0 fully saturated rings. The highest BCUT2D eigenvalue weighted by Crippen LogP contribution is 2.27. The van der Waals surface area contributed by atoms with E-state index in [0.29, 0.717) is 24.0 Å². The van der Waals surface area contributed by atoms with Crippen LogP contribution in [0.5, 0.6) is 0 Å². The van der Waals surface area contributed by atoms with Crippen molar-refractivity contribution in [1.82, 2.24) is 10.6 Å². The van der Waals surface area contributed by atoms with Crippen LogP contribution >= 0.6 is 0 Å². The second-order valence-electron chi connectivity index (χ2n) is 8.85. The standard InChI is InChI=1S/C13H19N.C12H17N/c1-9(2)13-8-11-6-4-5-7-12(11)10(3)14-13;1-9(2)12-7-10-5-3-4-6-11(10)8-13-12/h4-7,9-10,13-14H,8H2,1-3H3;3-6,9,12-13H,7-8H2,1-2H3. The zero-order chi connectivity index (χ0) is 19.4. The summed E-state index contributed by atoms with van der Waals surface area (Å²) in [4.78, 5) is 0. The number of rotatable bonds is 2. The second-order valence-corrected chi connectivity index (χ2v) is 8.85. The summed E-state index contributed by atoms with van der Waals surface area (Å²) in [6.45, 7) is 12.4. The van der Waals surface area contributed by atoms with E-state index < -0.39 is 0 Å². The normalized spacial score (nSPS) is 24.0. The summed E-state index contributed by atoms with van der Waals surface area (Å²) in [6.07, 6.45) is 2.37. The molecule has 2 aliphatic heterocycles. The van der Waals surface area contributed by atoms with Crippen molar-refractivity contribution in [1.29, 1.82) is 0 Å². The first-order valence-electron chi connectivity index (χ1n) is 10.6. The van der Waals surface area contributed by atoms with Crippen LogP contribution in [-0.4, -0.2) is 12.1 Å². The van der Waals surface area contributed by atoms with Crippen molar-refractivity contribution in [2.24, 2.45) is 11.8 Å². The Morgan fingerprint density at radius 1 is 0.741 bits per heavy atom. The molecule has 2 N–H and O–H groups in total. The van der Waals surface area contributed by atoms with E-state index in [4.69, 9.17) is 0 Å². The molecule has 3 atom stereocenters. The summed E-state index contributed by atoms with van der Waals surface area (Å²) >= 11 is 0. The van der Waals surface area contributed by atoms with Crippen LogP contribution in [0.15, 0.2) is 48.5 Å². The lowest BCUT2D eigenvalue weighted by molar-refractivity contribution is 0.342. The molecule has 2 aromatic rings. The zero-order valence-corrected chi connectivity index (χ0v) is 17.6. The molecule has 0 saturated heterocycles. The summed E-state index contributed by atoms with van der Waals surface area (Å²) in [6, 6.07) is 19.3. The number of fused-ring (bicyclic) bond motifs is 2. The molecule has 2 aliphatic rings. The highest BCUT2D eigenvalue weighted by Gasteiger charge is 2.24. The Morgan fingerprint density at radius 3 is 1.96 bits per heavy atom. The van der Waals surface area contributed by atoms with Gasteiger partial charge in [-0.25, -0.2) is 0 Å². The van der Waals surface area contributed by atoms with Gasteiger partial charge in [-0.15, -0.1) is 0 Å². The van der Waals surface area contributed by atoms with Gasteiger partial charge >= 0.3 is 0 Å². The molecule has 3 unspecified atom stereocenters. The van der Waals surface area contributed by atoms with Crippen LogP contribution in [0.25, 0.3) is 0 Å². The molecule has 2 nitrogen and oxygen atoms in total. The molecular weight excluding hydrogens is 328 g/mol. The predicted molar refractivity (Wildman–Crippen MR) is 116 cm³/mol. The fourth-order valence-electron chi connectivity index (χ4n) is 4.23. The summed E-state index contributed by atoms with van der Waals surface area (Å²) in [5.41, 5.74) is 6.00. The van der Waals surface area contributed by atoms with E-state index in [0.717, 1.165) is 12.5 Å². The van der Waals surface area contributed by atoms with Crippen molar-refractivity contribution in [2.45, 2.75) is 72.1 Å². The second kappa shape index (κ2) is 9.03. The average Bonchev–Trinajstić information content (AvgIpc) is 2.68. The van der Waals surface area contributed by atoms with Crippen molar-refractivity contribution in [3.8, 4) is 0 Å². The number of benzene rings is 2. The van der Waals surface area contributed by atoms with E-state index in [1.807, 2.05) is 0 Å². The van der Waals surface area contributed by atoms with Crippen LogP contribution in [0.2, 0.25) is 0 Å². The molecule has 0 bridgehead atoms. The minimum atomic E-state index is 0.507. The molecule has 2 heteroatoms. The lowest BCUT2D eigenvalue weighted by atomic mass is 9.86. The Labute approximate surface area is 165 Å². The molecule has 2 heterocycles. The SMILES string of the molecule is CC(C)C1Cc2ccccc2CN1.CC1NC(C(C)C)Cc2ccccc21. The lowest BCUT2D eigenvalue weighted by Crippen LogP contribution is -2.41. The molecule has 146 valence electrons. The van der Waals surface area contributed by atoms with Crippen LogP contribution in [0.3, 0.4) is 0 Å². The topological polar surface area (TPSA) is 24.1 Å². The Kier molecular flexibility index (Phi) is 6.73. The van der Waals surface area contributed by atoms with Crippen molar-refractivity contribution >= 4 is 0 Å². The highest BCUT2D eigenvalue weighted by molar-refractivity contribution is 5.33. The first-order valence-corrected chi connectivity index (χ1v) is 10.6. The van der Waals surface area contributed by atoms with Crippen molar-refractivity contribution < 1.29 is 0 Å². The minimum Gasteiger partial charge on any atom is -0.309 e. The van der Waals surface area contributed by atoms with Gasteiger partial charge < -0.3 is 10.6 Å². The van der Waals surface area contributed by atoms with Gasteiger partial charge in [-0.3, -0.25) is 0 Å². The zero-order valence-electron chi connectivity index (χ0n) is 17.6. The molecule has 0 aliphatic carbocycles. The molecule has 0 saturated carbocycles.